The summed E-state index contributed by atoms with van der Waals surface area (Å²) >= 11 is 8.10. The Bertz CT molecular complexity index is 363. The van der Waals surface area contributed by atoms with Gasteiger partial charge in [-0.2, -0.15) is 16.9 Å². The Morgan fingerprint density at radius 1 is 1.59 bits per heavy atom. The molecule has 1 unspecified atom stereocenters. The van der Waals surface area contributed by atoms with Gasteiger partial charge in [-0.1, -0.05) is 11.6 Å². The van der Waals surface area contributed by atoms with Gasteiger partial charge in [0.15, 0.2) is 0 Å². The first kappa shape index (κ1) is 13.2. The lowest BCUT2D eigenvalue weighted by Crippen LogP contribution is -2.16. The Morgan fingerprint density at radius 3 is 2.94 bits per heavy atom. The fourth-order valence-electron chi connectivity index (χ4n) is 2.36. The number of halogens is 1. The van der Waals surface area contributed by atoms with Crippen LogP contribution in [0, 0.1) is 5.92 Å². The van der Waals surface area contributed by atoms with E-state index in [1.165, 1.54) is 24.3 Å². The van der Waals surface area contributed by atoms with Crippen molar-refractivity contribution in [1.29, 1.82) is 0 Å². The second-order valence-electron chi connectivity index (χ2n) is 4.50. The van der Waals surface area contributed by atoms with Crippen LogP contribution in [0.3, 0.4) is 0 Å². The summed E-state index contributed by atoms with van der Waals surface area (Å²) in [6.07, 6.45) is 4.38. The second kappa shape index (κ2) is 6.12. The summed E-state index contributed by atoms with van der Waals surface area (Å²) < 4.78 is 1.80. The topological polar surface area (TPSA) is 38.0 Å². The highest BCUT2D eigenvalue weighted by atomic mass is 35.5. The molecule has 1 aliphatic heterocycles. The molecule has 0 saturated carbocycles. The number of aliphatic hydroxyl groups is 1. The summed E-state index contributed by atoms with van der Waals surface area (Å²) in [7, 11) is 0. The van der Waals surface area contributed by atoms with E-state index in [-0.39, 0.29) is 0 Å². The number of nitrogens with zero attached hydrogens (tertiary/aromatic N) is 2. The predicted molar refractivity (Wildman–Crippen MR) is 72.5 cm³/mol. The molecule has 1 aromatic rings. The standard InChI is InChI=1S/C12H19ClN2OS/c1-2-15-12(10(13)8-14-15)11(16)7-9-3-5-17-6-4-9/h8-9,11,16H,2-7H2,1H3. The summed E-state index contributed by atoms with van der Waals surface area (Å²) in [5, 5.41) is 15.1. The monoisotopic (exact) mass is 274 g/mol. The van der Waals surface area contributed by atoms with Crippen molar-refractivity contribution >= 4 is 23.4 Å². The van der Waals surface area contributed by atoms with Crippen molar-refractivity contribution in [2.24, 2.45) is 5.92 Å². The molecule has 1 atom stereocenters. The molecule has 0 bridgehead atoms. The van der Waals surface area contributed by atoms with Gasteiger partial charge in [0.05, 0.1) is 23.0 Å². The minimum absolute atomic E-state index is 0.474. The summed E-state index contributed by atoms with van der Waals surface area (Å²) in [6, 6.07) is 0. The molecule has 5 heteroatoms. The molecule has 0 aliphatic carbocycles. The molecular formula is C12H19ClN2OS. The van der Waals surface area contributed by atoms with Crippen molar-refractivity contribution in [3.8, 4) is 0 Å². The normalized spacial score (nSPS) is 19.5. The number of thioether (sulfide) groups is 1. The first-order valence-electron chi connectivity index (χ1n) is 6.19. The van der Waals surface area contributed by atoms with E-state index in [2.05, 4.69) is 5.10 Å². The van der Waals surface area contributed by atoms with Crippen LogP contribution < -0.4 is 0 Å². The van der Waals surface area contributed by atoms with E-state index in [1.54, 1.807) is 10.9 Å². The maximum Gasteiger partial charge on any atom is 0.0974 e. The Kier molecular flexibility index (Phi) is 4.77. The summed E-state index contributed by atoms with van der Waals surface area (Å²) in [5.41, 5.74) is 0.785. The second-order valence-corrected chi connectivity index (χ2v) is 6.13. The van der Waals surface area contributed by atoms with Crippen molar-refractivity contribution in [1.82, 2.24) is 9.78 Å². The van der Waals surface area contributed by atoms with Gasteiger partial charge in [-0.05, 0) is 43.6 Å². The smallest absolute Gasteiger partial charge is 0.0974 e. The minimum Gasteiger partial charge on any atom is -0.387 e. The molecule has 0 aromatic carbocycles. The maximum absolute atomic E-state index is 10.3. The number of aromatic nitrogens is 2. The van der Waals surface area contributed by atoms with E-state index in [4.69, 9.17) is 11.6 Å². The lowest BCUT2D eigenvalue weighted by Gasteiger charge is -2.24. The van der Waals surface area contributed by atoms with E-state index in [9.17, 15) is 5.11 Å². The Labute approximate surface area is 112 Å². The van der Waals surface area contributed by atoms with Crippen molar-refractivity contribution < 1.29 is 5.11 Å². The van der Waals surface area contributed by atoms with Gasteiger partial charge in [0.2, 0.25) is 0 Å². The quantitative estimate of drug-likeness (QED) is 0.917. The zero-order valence-corrected chi connectivity index (χ0v) is 11.7. The third-order valence-corrected chi connectivity index (χ3v) is 4.69. The Morgan fingerprint density at radius 2 is 2.29 bits per heavy atom. The average molecular weight is 275 g/mol. The zero-order chi connectivity index (χ0) is 12.3. The van der Waals surface area contributed by atoms with Gasteiger partial charge in [0.25, 0.3) is 0 Å². The number of rotatable bonds is 4. The molecule has 1 N–H and O–H groups in total. The van der Waals surface area contributed by atoms with Crippen LogP contribution in [0.15, 0.2) is 6.20 Å². The van der Waals surface area contributed by atoms with E-state index >= 15 is 0 Å². The average Bonchev–Trinajstić information content (AvgIpc) is 2.71. The molecule has 1 saturated heterocycles. The van der Waals surface area contributed by atoms with Crippen LogP contribution >= 0.6 is 23.4 Å². The molecule has 0 amide bonds. The van der Waals surface area contributed by atoms with Crippen LogP contribution in [0.1, 0.15) is 38.0 Å². The highest BCUT2D eigenvalue weighted by molar-refractivity contribution is 7.99. The van der Waals surface area contributed by atoms with E-state index in [0.717, 1.165) is 18.7 Å². The van der Waals surface area contributed by atoms with Gasteiger partial charge in [0, 0.05) is 6.54 Å². The minimum atomic E-state index is -0.474. The fraction of sp³-hybridized carbons (Fsp3) is 0.750. The molecular weight excluding hydrogens is 256 g/mol. The van der Waals surface area contributed by atoms with Gasteiger partial charge < -0.3 is 5.11 Å². The maximum atomic E-state index is 10.3. The molecule has 1 aromatic heterocycles. The predicted octanol–water partition coefficient (Wildman–Crippen LogP) is 3.12. The van der Waals surface area contributed by atoms with Crippen molar-refractivity contribution in [2.45, 2.75) is 38.8 Å². The number of hydrogen-bond acceptors (Lipinski definition) is 3. The highest BCUT2D eigenvalue weighted by Gasteiger charge is 2.23. The van der Waals surface area contributed by atoms with Crippen LogP contribution in [0.4, 0.5) is 0 Å². The van der Waals surface area contributed by atoms with Crippen molar-refractivity contribution in [3.05, 3.63) is 16.9 Å². The molecule has 96 valence electrons. The number of aryl methyl sites for hydroxylation is 1. The molecule has 3 nitrogen and oxygen atoms in total. The summed E-state index contributed by atoms with van der Waals surface area (Å²) in [5.74, 6) is 3.07. The lowest BCUT2D eigenvalue weighted by molar-refractivity contribution is 0.131. The highest BCUT2D eigenvalue weighted by Crippen LogP contribution is 2.33. The van der Waals surface area contributed by atoms with Gasteiger partial charge >= 0.3 is 0 Å². The Balaban J connectivity index is 2.02. The third-order valence-electron chi connectivity index (χ3n) is 3.35. The van der Waals surface area contributed by atoms with E-state index in [1.807, 2.05) is 18.7 Å². The largest absolute Gasteiger partial charge is 0.387 e. The van der Waals surface area contributed by atoms with Gasteiger partial charge in [-0.3, -0.25) is 4.68 Å². The fourth-order valence-corrected chi connectivity index (χ4v) is 3.84. The van der Waals surface area contributed by atoms with Crippen molar-refractivity contribution in [2.75, 3.05) is 11.5 Å². The number of hydrogen-bond donors (Lipinski definition) is 1. The molecule has 0 radical (unpaired) electrons. The third kappa shape index (κ3) is 3.18. The summed E-state index contributed by atoms with van der Waals surface area (Å²) in [6.45, 7) is 2.76. The van der Waals surface area contributed by atoms with Crippen LogP contribution in [-0.2, 0) is 6.54 Å². The lowest BCUT2D eigenvalue weighted by atomic mass is 9.94. The van der Waals surface area contributed by atoms with Crippen LogP contribution in [0.5, 0.6) is 0 Å². The molecule has 1 fully saturated rings. The molecule has 2 heterocycles. The van der Waals surface area contributed by atoms with Crippen LogP contribution in [0.2, 0.25) is 5.02 Å². The van der Waals surface area contributed by atoms with Crippen LogP contribution in [-0.4, -0.2) is 26.4 Å². The summed E-state index contributed by atoms with van der Waals surface area (Å²) in [4.78, 5) is 0. The SMILES string of the molecule is CCn1ncc(Cl)c1C(O)CC1CCSCC1. The first-order valence-corrected chi connectivity index (χ1v) is 7.72. The molecule has 17 heavy (non-hydrogen) atoms. The van der Waals surface area contributed by atoms with Crippen molar-refractivity contribution in [3.63, 3.8) is 0 Å². The van der Waals surface area contributed by atoms with Gasteiger partial charge in [-0.15, -0.1) is 0 Å². The van der Waals surface area contributed by atoms with Gasteiger partial charge in [0.1, 0.15) is 0 Å². The van der Waals surface area contributed by atoms with E-state index in [0.29, 0.717) is 10.9 Å². The first-order chi connectivity index (χ1) is 8.22. The zero-order valence-electron chi connectivity index (χ0n) is 10.1. The molecule has 1 aliphatic rings. The Hall–Kier alpha value is -0.190. The molecule has 2 rings (SSSR count). The molecule has 0 spiro atoms. The number of aliphatic hydroxyl groups excluding tert-OH is 1. The van der Waals surface area contributed by atoms with Crippen LogP contribution in [0.25, 0.3) is 0 Å². The van der Waals surface area contributed by atoms with E-state index < -0.39 is 6.10 Å². The van der Waals surface area contributed by atoms with Gasteiger partial charge in [-0.25, -0.2) is 0 Å².